The molecule has 2 aromatic rings. The summed E-state index contributed by atoms with van der Waals surface area (Å²) < 4.78 is 7.39. The van der Waals surface area contributed by atoms with Gasteiger partial charge in [0.1, 0.15) is 18.5 Å². The smallest absolute Gasteiger partial charge is 0.120 e. The lowest BCUT2D eigenvalue weighted by Gasteiger charge is -2.15. The summed E-state index contributed by atoms with van der Waals surface area (Å²) in [5.41, 5.74) is 0.771. The minimum absolute atomic E-state index is 0.203. The van der Waals surface area contributed by atoms with Crippen molar-refractivity contribution in [1.29, 1.82) is 0 Å². The molecule has 21 heavy (non-hydrogen) atoms. The molecule has 0 saturated carbocycles. The van der Waals surface area contributed by atoms with E-state index in [-0.39, 0.29) is 6.61 Å². The van der Waals surface area contributed by atoms with Gasteiger partial charge in [0.2, 0.25) is 0 Å². The van der Waals surface area contributed by atoms with Crippen molar-refractivity contribution >= 4 is 49.1 Å². The predicted octanol–water partition coefficient (Wildman–Crippen LogP) is 4.72. The number of halogens is 3. The topological polar surface area (TPSA) is 41.5 Å². The summed E-state index contributed by atoms with van der Waals surface area (Å²) in [6.07, 6.45) is -0.640. The van der Waals surface area contributed by atoms with E-state index in [0.717, 1.165) is 14.6 Å². The zero-order valence-corrected chi connectivity index (χ0v) is 15.0. The average Bonchev–Trinajstić information content (AvgIpc) is 2.46. The minimum atomic E-state index is -0.640. The molecular weight excluding hydrogens is 421 g/mol. The van der Waals surface area contributed by atoms with Gasteiger partial charge in [-0.15, -0.1) is 0 Å². The molecule has 0 aromatic heterocycles. The normalized spacial score (nSPS) is 12.0. The fraction of sp³-hybridized carbons (Fsp3) is 0.200. The first kappa shape index (κ1) is 16.6. The predicted molar refractivity (Wildman–Crippen MR) is 93.3 cm³/mol. The Kier molecular flexibility index (Phi) is 6.36. The average molecular weight is 436 g/mol. The zero-order valence-electron chi connectivity index (χ0n) is 11.0. The molecule has 2 N–H and O–H groups in total. The van der Waals surface area contributed by atoms with Crippen LogP contribution in [0.3, 0.4) is 0 Å². The van der Waals surface area contributed by atoms with Crippen molar-refractivity contribution in [2.24, 2.45) is 0 Å². The lowest BCUT2D eigenvalue weighted by atomic mass is 10.3. The van der Waals surface area contributed by atoms with Gasteiger partial charge in [0.15, 0.2) is 0 Å². The second-order valence-electron chi connectivity index (χ2n) is 4.43. The first-order valence-corrected chi connectivity index (χ1v) is 8.26. The molecule has 6 heteroatoms. The van der Waals surface area contributed by atoms with Gasteiger partial charge in [-0.05, 0) is 36.4 Å². The van der Waals surface area contributed by atoms with E-state index in [4.69, 9.17) is 16.3 Å². The van der Waals surface area contributed by atoms with Gasteiger partial charge in [-0.25, -0.2) is 0 Å². The van der Waals surface area contributed by atoms with Crippen LogP contribution in [-0.4, -0.2) is 24.4 Å². The van der Waals surface area contributed by atoms with Crippen molar-refractivity contribution in [2.45, 2.75) is 6.10 Å². The molecule has 0 saturated heterocycles. The summed E-state index contributed by atoms with van der Waals surface area (Å²) in [4.78, 5) is 0. The van der Waals surface area contributed by atoms with Gasteiger partial charge >= 0.3 is 0 Å². The van der Waals surface area contributed by atoms with Crippen LogP contribution in [0.5, 0.6) is 5.75 Å². The van der Waals surface area contributed by atoms with Crippen molar-refractivity contribution in [2.75, 3.05) is 18.5 Å². The van der Waals surface area contributed by atoms with Crippen molar-refractivity contribution in [3.63, 3.8) is 0 Å². The van der Waals surface area contributed by atoms with Crippen LogP contribution in [-0.2, 0) is 0 Å². The van der Waals surface area contributed by atoms with E-state index in [1.54, 1.807) is 6.07 Å². The number of aliphatic hydroxyl groups excluding tert-OH is 1. The molecule has 1 atom stereocenters. The van der Waals surface area contributed by atoms with Gasteiger partial charge in [0, 0.05) is 15.5 Å². The molecule has 2 aromatic carbocycles. The highest BCUT2D eigenvalue weighted by atomic mass is 79.9. The van der Waals surface area contributed by atoms with Gasteiger partial charge in [-0.2, -0.15) is 0 Å². The summed E-state index contributed by atoms with van der Waals surface area (Å²) in [7, 11) is 0. The Morgan fingerprint density at radius 2 is 1.90 bits per heavy atom. The van der Waals surface area contributed by atoms with Crippen LogP contribution in [0.4, 0.5) is 5.69 Å². The first-order valence-electron chi connectivity index (χ1n) is 6.30. The van der Waals surface area contributed by atoms with Crippen molar-refractivity contribution < 1.29 is 9.84 Å². The third kappa shape index (κ3) is 5.51. The van der Waals surface area contributed by atoms with Crippen LogP contribution in [0.2, 0.25) is 5.02 Å². The number of nitrogens with one attached hydrogen (secondary N) is 1. The van der Waals surface area contributed by atoms with E-state index in [1.807, 2.05) is 36.4 Å². The fourth-order valence-corrected chi connectivity index (χ4v) is 2.59. The van der Waals surface area contributed by atoms with Gasteiger partial charge in [-0.1, -0.05) is 49.5 Å². The number of aliphatic hydroxyl groups is 1. The Balaban J connectivity index is 1.82. The van der Waals surface area contributed by atoms with Gasteiger partial charge in [-0.3, -0.25) is 0 Å². The maximum atomic E-state index is 9.95. The van der Waals surface area contributed by atoms with Crippen LogP contribution in [0.15, 0.2) is 51.4 Å². The van der Waals surface area contributed by atoms with E-state index < -0.39 is 6.10 Å². The third-order valence-electron chi connectivity index (χ3n) is 2.70. The molecule has 1 unspecified atom stereocenters. The molecule has 0 aliphatic carbocycles. The number of hydrogen-bond donors (Lipinski definition) is 2. The standard InChI is InChI=1S/C15H14Br2ClNO2/c16-10-2-1-3-13(6-10)21-9-12(20)8-19-15-7-11(17)4-5-14(15)18/h1-7,12,19-20H,8-9H2. The van der Waals surface area contributed by atoms with E-state index in [0.29, 0.717) is 17.3 Å². The molecule has 0 aliphatic heterocycles. The summed E-state index contributed by atoms with van der Waals surface area (Å²) in [6, 6.07) is 13.0. The number of ether oxygens (including phenoxy) is 1. The van der Waals surface area contributed by atoms with E-state index in [9.17, 15) is 5.11 Å². The highest BCUT2D eigenvalue weighted by Gasteiger charge is 2.07. The van der Waals surface area contributed by atoms with Crippen molar-refractivity contribution in [3.05, 3.63) is 56.4 Å². The molecular formula is C15H14Br2ClNO2. The Bertz CT molecular complexity index is 610. The maximum absolute atomic E-state index is 9.95. The van der Waals surface area contributed by atoms with Crippen molar-refractivity contribution in [3.8, 4) is 5.75 Å². The molecule has 0 aliphatic rings. The molecule has 3 nitrogen and oxygen atoms in total. The molecule has 0 spiro atoms. The van der Waals surface area contributed by atoms with Crippen LogP contribution < -0.4 is 10.1 Å². The Morgan fingerprint density at radius 1 is 1.14 bits per heavy atom. The van der Waals surface area contributed by atoms with E-state index in [2.05, 4.69) is 37.2 Å². The van der Waals surface area contributed by atoms with Crippen LogP contribution >= 0.6 is 43.5 Å². The molecule has 112 valence electrons. The molecule has 0 fully saturated rings. The number of benzene rings is 2. The third-order valence-corrected chi connectivity index (χ3v) is 4.01. The van der Waals surface area contributed by atoms with E-state index in [1.165, 1.54) is 0 Å². The number of hydrogen-bond acceptors (Lipinski definition) is 3. The quantitative estimate of drug-likeness (QED) is 0.690. The summed E-state index contributed by atoms with van der Waals surface area (Å²) >= 11 is 12.8. The van der Waals surface area contributed by atoms with Crippen LogP contribution in [0.25, 0.3) is 0 Å². The monoisotopic (exact) mass is 433 g/mol. The Morgan fingerprint density at radius 3 is 2.67 bits per heavy atom. The zero-order chi connectivity index (χ0) is 15.2. The Labute approximate surface area is 145 Å². The van der Waals surface area contributed by atoms with Crippen molar-refractivity contribution in [1.82, 2.24) is 0 Å². The highest BCUT2D eigenvalue weighted by molar-refractivity contribution is 9.10. The number of rotatable bonds is 6. The van der Waals surface area contributed by atoms with Crippen LogP contribution in [0, 0.1) is 0 Å². The number of anilines is 1. The van der Waals surface area contributed by atoms with Gasteiger partial charge < -0.3 is 15.2 Å². The molecule has 0 radical (unpaired) electrons. The minimum Gasteiger partial charge on any atom is -0.491 e. The molecule has 2 rings (SSSR count). The largest absolute Gasteiger partial charge is 0.491 e. The molecule has 0 amide bonds. The maximum Gasteiger partial charge on any atom is 0.120 e. The molecule has 0 heterocycles. The fourth-order valence-electron chi connectivity index (χ4n) is 1.67. The summed E-state index contributed by atoms with van der Waals surface area (Å²) in [5.74, 6) is 0.712. The highest BCUT2D eigenvalue weighted by Crippen LogP contribution is 2.25. The second-order valence-corrected chi connectivity index (χ2v) is 6.67. The molecule has 0 bridgehead atoms. The summed E-state index contributed by atoms with van der Waals surface area (Å²) in [5, 5.41) is 13.7. The first-order chi connectivity index (χ1) is 10.0. The Hall–Kier alpha value is -0.750. The van der Waals surface area contributed by atoms with Crippen LogP contribution in [0.1, 0.15) is 0 Å². The van der Waals surface area contributed by atoms with E-state index >= 15 is 0 Å². The van der Waals surface area contributed by atoms with Gasteiger partial charge in [0.25, 0.3) is 0 Å². The lowest BCUT2D eigenvalue weighted by Crippen LogP contribution is -2.26. The SMILES string of the molecule is OC(CNc1cc(Br)ccc1Cl)COc1cccc(Br)c1. The van der Waals surface area contributed by atoms with Gasteiger partial charge in [0.05, 0.1) is 10.7 Å². The summed E-state index contributed by atoms with van der Waals surface area (Å²) in [6.45, 7) is 0.555. The second kappa shape index (κ2) is 8.03. The lowest BCUT2D eigenvalue weighted by molar-refractivity contribution is 0.117.